The van der Waals surface area contributed by atoms with Crippen LogP contribution < -0.4 is 4.74 Å². The third kappa shape index (κ3) is 5.46. The Labute approximate surface area is 166 Å². The van der Waals surface area contributed by atoms with E-state index in [4.69, 9.17) is 9.47 Å². The summed E-state index contributed by atoms with van der Waals surface area (Å²) in [6, 6.07) is 5.71. The van der Waals surface area contributed by atoms with Gasteiger partial charge in [-0.15, -0.1) is 0 Å². The topological polar surface area (TPSA) is 81.2 Å². The summed E-state index contributed by atoms with van der Waals surface area (Å²) in [5.41, 5.74) is 1.25. The second kappa shape index (κ2) is 8.74. The fraction of sp³-hybridized carbons (Fsp3) is 0.500. The van der Waals surface area contributed by atoms with Crippen LogP contribution in [-0.2, 0) is 4.74 Å². The molecule has 0 N–H and O–H groups in total. The lowest BCUT2D eigenvalue weighted by Crippen LogP contribution is -2.44. The maximum absolute atomic E-state index is 12.2. The number of methoxy groups -OCH3 is 1. The minimum absolute atomic E-state index is 0.332. The first kappa shape index (κ1) is 21.2. The molecular formula is C20H28N5O3+. The second-order valence-corrected chi connectivity index (χ2v) is 7.66. The molecule has 1 aliphatic rings. The van der Waals surface area contributed by atoms with Gasteiger partial charge >= 0.3 is 6.09 Å². The van der Waals surface area contributed by atoms with Gasteiger partial charge in [-0.05, 0) is 20.8 Å². The van der Waals surface area contributed by atoms with Gasteiger partial charge in [0.15, 0.2) is 18.5 Å². The number of aliphatic imine (C=N–C) groups is 1. The normalized spacial score (nSPS) is 14.5. The average Bonchev–Trinajstić information content (AvgIpc) is 2.64. The summed E-state index contributed by atoms with van der Waals surface area (Å²) in [6.45, 7) is 7.04. The van der Waals surface area contributed by atoms with Gasteiger partial charge < -0.3 is 14.4 Å². The smallest absolute Gasteiger partial charge is 0.411 e. The number of nitrogens with zero attached hydrogens (tertiary/aromatic N) is 5. The number of carbonyl (C=O) groups is 1. The van der Waals surface area contributed by atoms with Crippen molar-refractivity contribution < 1.29 is 18.8 Å². The van der Waals surface area contributed by atoms with Crippen LogP contribution in [-0.4, -0.2) is 79.5 Å². The predicted molar refractivity (Wildman–Crippen MR) is 108 cm³/mol. The summed E-state index contributed by atoms with van der Waals surface area (Å²) in [5, 5.41) is 9.52. The molecule has 1 aromatic carbocycles. The summed E-state index contributed by atoms with van der Waals surface area (Å²) >= 11 is 0. The summed E-state index contributed by atoms with van der Waals surface area (Å²) in [4.78, 5) is 20.0. The van der Waals surface area contributed by atoms with Crippen molar-refractivity contribution in [2.45, 2.75) is 26.4 Å². The summed E-state index contributed by atoms with van der Waals surface area (Å²) < 4.78 is 12.9. The molecule has 0 unspecified atom stereocenters. The Balaban J connectivity index is 2.28. The van der Waals surface area contributed by atoms with Crippen molar-refractivity contribution in [2.75, 3.05) is 40.8 Å². The van der Waals surface area contributed by atoms with Crippen molar-refractivity contribution in [1.29, 1.82) is 5.26 Å². The molecule has 0 atom stereocenters. The maximum Gasteiger partial charge on any atom is 0.411 e. The molecule has 0 saturated carbocycles. The number of amides is 1. The quantitative estimate of drug-likeness (QED) is 0.451. The lowest BCUT2D eigenvalue weighted by atomic mass is 10.1. The fourth-order valence-electron chi connectivity index (χ4n) is 2.64. The number of nitriles is 1. The summed E-state index contributed by atoms with van der Waals surface area (Å²) in [6.07, 6.45) is 3.21. The van der Waals surface area contributed by atoms with Crippen molar-refractivity contribution in [2.24, 2.45) is 4.99 Å². The Morgan fingerprint density at radius 3 is 2.61 bits per heavy atom. The van der Waals surface area contributed by atoms with E-state index < -0.39 is 5.60 Å². The van der Waals surface area contributed by atoms with Crippen molar-refractivity contribution >= 4 is 30.0 Å². The molecule has 1 aromatic rings. The number of hydrogen-bond acceptors (Lipinski definition) is 5. The Morgan fingerprint density at radius 2 is 2.11 bits per heavy atom. The zero-order chi connectivity index (χ0) is 20.9. The highest BCUT2D eigenvalue weighted by Crippen LogP contribution is 2.34. The number of rotatable bonds is 4. The maximum atomic E-state index is 12.2. The minimum Gasteiger partial charge on any atom is -0.490 e. The molecule has 0 saturated heterocycles. The van der Waals surface area contributed by atoms with Crippen LogP contribution in [0.3, 0.4) is 0 Å². The first-order chi connectivity index (χ1) is 13.1. The van der Waals surface area contributed by atoms with Crippen LogP contribution in [0.4, 0.5) is 16.2 Å². The van der Waals surface area contributed by atoms with E-state index in [1.54, 1.807) is 35.4 Å². The van der Waals surface area contributed by atoms with Crippen LogP contribution in [0.5, 0.6) is 5.75 Å². The van der Waals surface area contributed by atoms with Gasteiger partial charge in [0.05, 0.1) is 31.2 Å². The zero-order valence-electron chi connectivity index (χ0n) is 17.4. The molecule has 0 aliphatic carbocycles. The van der Waals surface area contributed by atoms with Crippen molar-refractivity contribution in [3.63, 3.8) is 0 Å². The fourth-order valence-corrected chi connectivity index (χ4v) is 2.64. The van der Waals surface area contributed by atoms with Gasteiger partial charge in [-0.3, -0.25) is 4.90 Å². The van der Waals surface area contributed by atoms with E-state index in [0.717, 1.165) is 5.69 Å². The highest BCUT2D eigenvalue weighted by molar-refractivity contribution is 5.74. The van der Waals surface area contributed by atoms with E-state index in [-0.39, 0.29) is 6.09 Å². The monoisotopic (exact) mass is 386 g/mol. The van der Waals surface area contributed by atoms with E-state index in [1.165, 1.54) is 0 Å². The molecule has 0 bridgehead atoms. The van der Waals surface area contributed by atoms with Gasteiger partial charge in [0.1, 0.15) is 18.2 Å². The van der Waals surface area contributed by atoms with Crippen LogP contribution in [0.15, 0.2) is 17.1 Å². The van der Waals surface area contributed by atoms with Crippen molar-refractivity contribution in [1.82, 2.24) is 9.80 Å². The van der Waals surface area contributed by atoms with Crippen LogP contribution in [0.2, 0.25) is 0 Å². The van der Waals surface area contributed by atoms with Gasteiger partial charge in [0.25, 0.3) is 0 Å². The molecule has 8 heteroatoms. The molecule has 28 heavy (non-hydrogen) atoms. The number of hydrogen-bond donors (Lipinski definition) is 0. The SMILES string of the molecule is COc1cc(N=CN(C)C)c(C#N)cc1[N+]1=CCN(C(=O)OC(C)(C)C)CC1. The summed E-state index contributed by atoms with van der Waals surface area (Å²) in [7, 11) is 5.31. The predicted octanol–water partition coefficient (Wildman–Crippen LogP) is 2.75. The molecule has 8 nitrogen and oxygen atoms in total. The van der Waals surface area contributed by atoms with Crippen LogP contribution >= 0.6 is 0 Å². The van der Waals surface area contributed by atoms with Crippen molar-refractivity contribution in [3.05, 3.63) is 17.7 Å². The Hall–Kier alpha value is -3.08. The molecule has 2 rings (SSSR count). The van der Waals surface area contributed by atoms with Gasteiger partial charge in [-0.2, -0.15) is 9.84 Å². The largest absolute Gasteiger partial charge is 0.490 e. The molecule has 0 fully saturated rings. The first-order valence-electron chi connectivity index (χ1n) is 9.05. The molecule has 1 heterocycles. The average molecular weight is 386 g/mol. The number of benzene rings is 1. The number of carbonyl (C=O) groups excluding carboxylic acids is 1. The molecule has 0 radical (unpaired) electrons. The third-order valence-electron chi connectivity index (χ3n) is 3.94. The number of ether oxygens (including phenoxy) is 2. The highest BCUT2D eigenvalue weighted by Gasteiger charge is 2.28. The highest BCUT2D eigenvalue weighted by atomic mass is 16.6. The Bertz CT molecular complexity index is 831. The Morgan fingerprint density at radius 1 is 1.39 bits per heavy atom. The van der Waals surface area contributed by atoms with E-state index in [0.29, 0.717) is 36.6 Å². The summed E-state index contributed by atoms with van der Waals surface area (Å²) in [5.74, 6) is 0.617. The zero-order valence-corrected chi connectivity index (χ0v) is 17.4. The van der Waals surface area contributed by atoms with Gasteiger partial charge in [0, 0.05) is 26.2 Å². The first-order valence-corrected chi connectivity index (χ1v) is 9.05. The van der Waals surface area contributed by atoms with Crippen molar-refractivity contribution in [3.8, 4) is 11.8 Å². The molecule has 150 valence electrons. The van der Waals surface area contributed by atoms with Crippen LogP contribution in [0, 0.1) is 11.3 Å². The lowest BCUT2D eigenvalue weighted by Gasteiger charge is -2.27. The standard InChI is InChI=1S/C20H28N5O3/c1-20(2,3)28-19(26)25-9-7-24(8-10-25)17-11-15(13-21)16(12-18(17)27-6)22-14-23(4)5/h7,11-12,14H,8-10H2,1-6H3/q+1. The lowest BCUT2D eigenvalue weighted by molar-refractivity contribution is -0.443. The van der Waals surface area contributed by atoms with E-state index in [1.807, 2.05) is 45.7 Å². The third-order valence-corrected chi connectivity index (χ3v) is 3.94. The van der Waals surface area contributed by atoms with E-state index in [9.17, 15) is 10.1 Å². The van der Waals surface area contributed by atoms with Gasteiger partial charge in [0.2, 0.25) is 5.69 Å². The van der Waals surface area contributed by atoms with Gasteiger partial charge in [-0.1, -0.05) is 0 Å². The van der Waals surface area contributed by atoms with Gasteiger partial charge in [-0.25, -0.2) is 9.79 Å². The minimum atomic E-state index is -0.526. The Kier molecular flexibility index (Phi) is 6.62. The molecule has 0 aromatic heterocycles. The molecule has 1 aliphatic heterocycles. The molecular weight excluding hydrogens is 358 g/mol. The van der Waals surface area contributed by atoms with E-state index in [2.05, 4.69) is 11.1 Å². The molecule has 1 amide bonds. The van der Waals surface area contributed by atoms with E-state index >= 15 is 0 Å². The second-order valence-electron chi connectivity index (χ2n) is 7.66. The molecule has 0 spiro atoms. The van der Waals surface area contributed by atoms with Crippen LogP contribution in [0.1, 0.15) is 26.3 Å². The van der Waals surface area contributed by atoms with Crippen LogP contribution in [0.25, 0.3) is 0 Å².